The summed E-state index contributed by atoms with van der Waals surface area (Å²) in [6, 6.07) is 9.92. The third kappa shape index (κ3) is 2.32. The maximum atomic E-state index is 13.3. The molecule has 0 radical (unpaired) electrons. The van der Waals surface area contributed by atoms with E-state index >= 15 is 0 Å². The Balaban J connectivity index is 2.37. The largest absolute Gasteiger partial charge is 0.294 e. The molecule has 0 amide bonds. The molecule has 0 N–H and O–H groups in total. The molecule has 0 atom stereocenters. The summed E-state index contributed by atoms with van der Waals surface area (Å²) in [5.74, 6) is 0.526. The van der Waals surface area contributed by atoms with Crippen LogP contribution in [0.3, 0.4) is 0 Å². The highest BCUT2D eigenvalue weighted by Crippen LogP contribution is 2.30. The second kappa shape index (κ2) is 5.35. The summed E-state index contributed by atoms with van der Waals surface area (Å²) in [6.07, 6.45) is 0. The number of hydrogen-bond acceptors (Lipinski definition) is 1. The normalized spacial score (nSPS) is 11.2. The van der Waals surface area contributed by atoms with Crippen molar-refractivity contribution >= 4 is 50.2 Å². The first-order chi connectivity index (χ1) is 9.60. The monoisotopic (exact) mass is 372 g/mol. The Morgan fingerprint density at radius 1 is 1.20 bits per heavy atom. The van der Waals surface area contributed by atoms with Gasteiger partial charge in [0.2, 0.25) is 0 Å². The highest BCUT2D eigenvalue weighted by molar-refractivity contribution is 9.10. The maximum absolute atomic E-state index is 13.3. The zero-order chi connectivity index (χ0) is 14.3. The Labute approximate surface area is 133 Å². The molecular formula is C14H8BrCl2FN2. The van der Waals surface area contributed by atoms with E-state index in [2.05, 4.69) is 20.9 Å². The fourth-order valence-corrected chi connectivity index (χ4v) is 2.89. The van der Waals surface area contributed by atoms with Crippen LogP contribution in [0.4, 0.5) is 4.39 Å². The van der Waals surface area contributed by atoms with Crippen LogP contribution in [0.2, 0.25) is 5.02 Å². The number of benzene rings is 2. The molecule has 0 aliphatic rings. The Morgan fingerprint density at radius 2 is 2.00 bits per heavy atom. The first-order valence-electron chi connectivity index (χ1n) is 5.78. The van der Waals surface area contributed by atoms with Crippen molar-refractivity contribution in [2.45, 2.75) is 5.88 Å². The summed E-state index contributed by atoms with van der Waals surface area (Å²) in [7, 11) is 0. The highest BCUT2D eigenvalue weighted by atomic mass is 79.9. The Kier molecular flexibility index (Phi) is 3.71. The van der Waals surface area contributed by atoms with Crippen LogP contribution in [-0.2, 0) is 5.88 Å². The summed E-state index contributed by atoms with van der Waals surface area (Å²) in [5, 5.41) is 0.604. The van der Waals surface area contributed by atoms with Crippen LogP contribution in [0.5, 0.6) is 0 Å². The van der Waals surface area contributed by atoms with Gasteiger partial charge in [0.25, 0.3) is 0 Å². The Morgan fingerprint density at radius 3 is 2.75 bits per heavy atom. The minimum Gasteiger partial charge on any atom is -0.294 e. The molecule has 1 heterocycles. The van der Waals surface area contributed by atoms with Gasteiger partial charge in [0.15, 0.2) is 0 Å². The first kappa shape index (κ1) is 13.9. The van der Waals surface area contributed by atoms with Gasteiger partial charge >= 0.3 is 0 Å². The van der Waals surface area contributed by atoms with Crippen molar-refractivity contribution < 1.29 is 4.39 Å². The van der Waals surface area contributed by atoms with E-state index in [0.717, 1.165) is 15.7 Å². The van der Waals surface area contributed by atoms with E-state index in [-0.39, 0.29) is 11.7 Å². The molecule has 20 heavy (non-hydrogen) atoms. The van der Waals surface area contributed by atoms with Crippen molar-refractivity contribution in [3.05, 3.63) is 57.5 Å². The Hall–Kier alpha value is -1.10. The molecule has 3 aromatic rings. The number of aromatic nitrogens is 2. The SMILES string of the molecule is Fc1ccc2c(c1)nc(CCl)n2-c1cc(Cl)ccc1Br. The van der Waals surface area contributed by atoms with Gasteiger partial charge in [0.05, 0.1) is 22.6 Å². The quantitative estimate of drug-likeness (QED) is 0.556. The van der Waals surface area contributed by atoms with E-state index in [4.69, 9.17) is 23.2 Å². The number of imidazole rings is 1. The van der Waals surface area contributed by atoms with Gasteiger partial charge in [-0.05, 0) is 46.3 Å². The lowest BCUT2D eigenvalue weighted by atomic mass is 10.2. The predicted octanol–water partition coefficient (Wildman–Crippen LogP) is 5.32. The average Bonchev–Trinajstić information content (AvgIpc) is 2.78. The molecule has 6 heteroatoms. The summed E-state index contributed by atoms with van der Waals surface area (Å²) in [5.41, 5.74) is 2.17. The number of hydrogen-bond donors (Lipinski definition) is 0. The topological polar surface area (TPSA) is 17.8 Å². The van der Waals surface area contributed by atoms with Gasteiger partial charge in [-0.3, -0.25) is 4.57 Å². The standard InChI is InChI=1S/C14H8BrCl2FN2/c15-10-3-1-8(17)5-13(10)20-12-4-2-9(18)6-11(12)19-14(20)7-16/h1-6H,7H2. The minimum atomic E-state index is -0.326. The van der Waals surface area contributed by atoms with Crippen LogP contribution in [0.1, 0.15) is 5.82 Å². The number of rotatable bonds is 2. The second-order valence-electron chi connectivity index (χ2n) is 4.23. The van der Waals surface area contributed by atoms with Crippen molar-refractivity contribution in [3.8, 4) is 5.69 Å². The number of halogens is 4. The van der Waals surface area contributed by atoms with Gasteiger partial charge in [-0.1, -0.05) is 11.6 Å². The molecule has 2 nitrogen and oxygen atoms in total. The van der Waals surface area contributed by atoms with Crippen molar-refractivity contribution in [1.82, 2.24) is 9.55 Å². The molecule has 1 aromatic heterocycles. The van der Waals surface area contributed by atoms with Crippen LogP contribution in [0.25, 0.3) is 16.7 Å². The third-order valence-corrected chi connectivity index (χ3v) is 4.10. The molecule has 0 fully saturated rings. The predicted molar refractivity (Wildman–Crippen MR) is 83.3 cm³/mol. The van der Waals surface area contributed by atoms with Crippen LogP contribution in [0, 0.1) is 5.82 Å². The lowest BCUT2D eigenvalue weighted by Crippen LogP contribution is -2.00. The molecule has 2 aromatic carbocycles. The zero-order valence-electron chi connectivity index (χ0n) is 10.1. The fourth-order valence-electron chi connectivity index (χ4n) is 2.12. The van der Waals surface area contributed by atoms with Gasteiger partial charge in [-0.15, -0.1) is 11.6 Å². The van der Waals surface area contributed by atoms with Gasteiger partial charge < -0.3 is 0 Å². The van der Waals surface area contributed by atoms with E-state index < -0.39 is 0 Å². The molecule has 3 rings (SSSR count). The molecule has 0 spiro atoms. The van der Waals surface area contributed by atoms with E-state index in [1.165, 1.54) is 12.1 Å². The smallest absolute Gasteiger partial charge is 0.129 e. The van der Waals surface area contributed by atoms with Crippen molar-refractivity contribution in [3.63, 3.8) is 0 Å². The summed E-state index contributed by atoms with van der Waals surface area (Å²) < 4.78 is 16.0. The van der Waals surface area contributed by atoms with Gasteiger partial charge in [-0.25, -0.2) is 9.37 Å². The summed E-state index contributed by atoms with van der Waals surface area (Å²) in [6.45, 7) is 0. The highest BCUT2D eigenvalue weighted by Gasteiger charge is 2.14. The van der Waals surface area contributed by atoms with E-state index in [9.17, 15) is 4.39 Å². The van der Waals surface area contributed by atoms with Crippen molar-refractivity contribution in [1.29, 1.82) is 0 Å². The second-order valence-corrected chi connectivity index (χ2v) is 5.78. The van der Waals surface area contributed by atoms with E-state index in [1.807, 2.05) is 16.7 Å². The van der Waals surface area contributed by atoms with E-state index in [1.54, 1.807) is 12.1 Å². The number of fused-ring (bicyclic) bond motifs is 1. The molecule has 0 bridgehead atoms. The lowest BCUT2D eigenvalue weighted by molar-refractivity contribution is 0.629. The summed E-state index contributed by atoms with van der Waals surface area (Å²) in [4.78, 5) is 4.37. The van der Waals surface area contributed by atoms with Gasteiger partial charge in [0, 0.05) is 15.6 Å². The molecule has 102 valence electrons. The molecule has 0 unspecified atom stereocenters. The van der Waals surface area contributed by atoms with Crippen LogP contribution < -0.4 is 0 Å². The van der Waals surface area contributed by atoms with Crippen molar-refractivity contribution in [2.24, 2.45) is 0 Å². The molecule has 0 saturated carbocycles. The zero-order valence-corrected chi connectivity index (χ0v) is 13.2. The minimum absolute atomic E-state index is 0.218. The molecule has 0 aliphatic carbocycles. The molecular weight excluding hydrogens is 366 g/mol. The number of alkyl halides is 1. The third-order valence-electron chi connectivity index (χ3n) is 2.95. The maximum Gasteiger partial charge on any atom is 0.129 e. The number of nitrogens with zero attached hydrogens (tertiary/aromatic N) is 2. The van der Waals surface area contributed by atoms with E-state index in [0.29, 0.717) is 16.4 Å². The fraction of sp³-hybridized carbons (Fsp3) is 0.0714. The average molecular weight is 374 g/mol. The van der Waals surface area contributed by atoms with Crippen LogP contribution in [-0.4, -0.2) is 9.55 Å². The molecule has 0 saturated heterocycles. The Bertz CT molecular complexity index is 801. The molecule has 0 aliphatic heterocycles. The van der Waals surface area contributed by atoms with Crippen LogP contribution in [0.15, 0.2) is 40.9 Å². The first-order valence-corrected chi connectivity index (χ1v) is 7.49. The lowest BCUT2D eigenvalue weighted by Gasteiger charge is -2.10. The van der Waals surface area contributed by atoms with Gasteiger partial charge in [-0.2, -0.15) is 0 Å². The van der Waals surface area contributed by atoms with Crippen LogP contribution >= 0.6 is 39.1 Å². The summed E-state index contributed by atoms with van der Waals surface area (Å²) >= 11 is 15.5. The van der Waals surface area contributed by atoms with Gasteiger partial charge in [0.1, 0.15) is 11.6 Å². The van der Waals surface area contributed by atoms with Crippen molar-refractivity contribution in [2.75, 3.05) is 0 Å².